The van der Waals surface area contributed by atoms with E-state index in [0.29, 0.717) is 6.04 Å². The molecule has 0 saturated carbocycles. The fourth-order valence-electron chi connectivity index (χ4n) is 2.95. The monoisotopic (exact) mass is 341 g/mol. The van der Waals surface area contributed by atoms with Gasteiger partial charge in [0.05, 0.1) is 13.2 Å². The summed E-state index contributed by atoms with van der Waals surface area (Å²) in [7, 11) is 1.70. The molecule has 4 heteroatoms. The highest BCUT2D eigenvalue weighted by Crippen LogP contribution is 2.28. The smallest absolute Gasteiger partial charge is 0.119 e. The number of likely N-dealkylation sites (tertiary alicyclic amines) is 1. The quantitative estimate of drug-likeness (QED) is 0.888. The highest BCUT2D eigenvalue weighted by atomic mass is 79.9. The number of aliphatic hydroxyl groups excluding tert-OH is 1. The van der Waals surface area contributed by atoms with Crippen molar-refractivity contribution in [3.63, 3.8) is 0 Å². The predicted octanol–water partition coefficient (Wildman–Crippen LogP) is 3.58. The van der Waals surface area contributed by atoms with Gasteiger partial charge in [-0.15, -0.1) is 0 Å². The lowest BCUT2D eigenvalue weighted by atomic mass is 9.96. The number of piperidine rings is 1. The van der Waals surface area contributed by atoms with Crippen LogP contribution >= 0.6 is 15.9 Å². The molecule has 0 bridgehead atoms. The number of methoxy groups -OCH3 is 1. The normalized spacial score (nSPS) is 21.7. The average molecular weight is 342 g/mol. The first-order valence-corrected chi connectivity index (χ1v) is 8.14. The summed E-state index contributed by atoms with van der Waals surface area (Å²) >= 11 is 3.63. The molecule has 2 atom stereocenters. The van der Waals surface area contributed by atoms with Crippen molar-refractivity contribution < 1.29 is 9.84 Å². The third kappa shape index (κ3) is 4.21. The van der Waals surface area contributed by atoms with Gasteiger partial charge in [0.2, 0.25) is 0 Å². The highest BCUT2D eigenvalue weighted by Gasteiger charge is 2.24. The van der Waals surface area contributed by atoms with E-state index in [1.165, 1.54) is 24.8 Å². The van der Waals surface area contributed by atoms with E-state index in [9.17, 15) is 5.11 Å². The van der Waals surface area contributed by atoms with Crippen LogP contribution in [0.5, 0.6) is 5.75 Å². The fourth-order valence-corrected chi connectivity index (χ4v) is 3.32. The molecule has 20 heavy (non-hydrogen) atoms. The lowest BCUT2D eigenvalue weighted by Gasteiger charge is -2.36. The van der Waals surface area contributed by atoms with Gasteiger partial charge < -0.3 is 9.84 Å². The second kappa shape index (κ2) is 7.43. The highest BCUT2D eigenvalue weighted by molar-refractivity contribution is 9.10. The Morgan fingerprint density at radius 3 is 2.95 bits per heavy atom. The lowest BCUT2D eigenvalue weighted by Crippen LogP contribution is -2.40. The molecule has 1 heterocycles. The Hall–Kier alpha value is -0.580. The molecule has 1 aromatic carbocycles. The number of nitrogens with zero attached hydrogens (tertiary/aromatic N) is 1. The minimum atomic E-state index is -0.227. The van der Waals surface area contributed by atoms with Gasteiger partial charge >= 0.3 is 0 Å². The summed E-state index contributed by atoms with van der Waals surface area (Å²) in [6.07, 6.45) is 4.34. The summed E-state index contributed by atoms with van der Waals surface area (Å²) in [5, 5.41) is 9.67. The maximum Gasteiger partial charge on any atom is 0.119 e. The predicted molar refractivity (Wildman–Crippen MR) is 85.0 cm³/mol. The van der Waals surface area contributed by atoms with Crippen LogP contribution in [0.4, 0.5) is 0 Å². The second-order valence-corrected chi connectivity index (χ2v) is 6.52. The molecule has 1 saturated heterocycles. The van der Waals surface area contributed by atoms with Crippen molar-refractivity contribution in [1.82, 2.24) is 4.90 Å². The Morgan fingerprint density at radius 2 is 2.25 bits per heavy atom. The van der Waals surface area contributed by atoms with Crippen LogP contribution in [-0.4, -0.2) is 35.8 Å². The third-order valence-electron chi connectivity index (χ3n) is 3.99. The van der Waals surface area contributed by atoms with Crippen molar-refractivity contribution in [2.45, 2.75) is 51.3 Å². The van der Waals surface area contributed by atoms with E-state index >= 15 is 0 Å². The van der Waals surface area contributed by atoms with Crippen LogP contribution < -0.4 is 4.74 Å². The fraction of sp³-hybridized carbons (Fsp3) is 0.625. The number of rotatable bonds is 5. The number of hydrogen-bond acceptors (Lipinski definition) is 3. The Kier molecular flexibility index (Phi) is 5.87. The second-order valence-electron chi connectivity index (χ2n) is 5.66. The maximum absolute atomic E-state index is 9.67. The van der Waals surface area contributed by atoms with Crippen LogP contribution in [-0.2, 0) is 6.54 Å². The van der Waals surface area contributed by atoms with Gasteiger partial charge in [-0.25, -0.2) is 0 Å². The zero-order valence-corrected chi connectivity index (χ0v) is 13.9. The van der Waals surface area contributed by atoms with E-state index < -0.39 is 0 Å². The Morgan fingerprint density at radius 1 is 1.45 bits per heavy atom. The van der Waals surface area contributed by atoms with Crippen molar-refractivity contribution in [3.8, 4) is 5.75 Å². The molecule has 0 amide bonds. The number of halogens is 1. The average Bonchev–Trinajstić information content (AvgIpc) is 2.43. The summed E-state index contributed by atoms with van der Waals surface area (Å²) in [6.45, 7) is 3.91. The molecule has 0 spiro atoms. The molecule has 3 nitrogen and oxygen atoms in total. The SMILES string of the molecule is COc1ccc(Br)c(CN2CCCCC2CC(C)O)c1. The zero-order valence-electron chi connectivity index (χ0n) is 12.3. The molecular formula is C16H24BrNO2. The van der Waals surface area contributed by atoms with Gasteiger partial charge in [0.25, 0.3) is 0 Å². The van der Waals surface area contributed by atoms with Crippen LogP contribution in [0.2, 0.25) is 0 Å². The van der Waals surface area contributed by atoms with E-state index in [-0.39, 0.29) is 6.10 Å². The molecule has 2 rings (SSSR count). The molecule has 1 aliphatic heterocycles. The lowest BCUT2D eigenvalue weighted by molar-refractivity contribution is 0.0816. The van der Waals surface area contributed by atoms with Gasteiger partial charge in [0, 0.05) is 17.1 Å². The third-order valence-corrected chi connectivity index (χ3v) is 4.76. The zero-order chi connectivity index (χ0) is 14.5. The van der Waals surface area contributed by atoms with Gasteiger partial charge in [-0.1, -0.05) is 22.4 Å². The molecule has 0 radical (unpaired) electrons. The number of hydrogen-bond donors (Lipinski definition) is 1. The topological polar surface area (TPSA) is 32.7 Å². The van der Waals surface area contributed by atoms with E-state index in [1.807, 2.05) is 19.1 Å². The number of aliphatic hydroxyl groups is 1. The first kappa shape index (κ1) is 15.8. The van der Waals surface area contributed by atoms with Crippen LogP contribution in [0.15, 0.2) is 22.7 Å². The van der Waals surface area contributed by atoms with Crippen molar-refractivity contribution in [2.75, 3.05) is 13.7 Å². The maximum atomic E-state index is 9.67. The summed E-state index contributed by atoms with van der Waals surface area (Å²) in [4.78, 5) is 2.50. The van der Waals surface area contributed by atoms with Crippen molar-refractivity contribution in [3.05, 3.63) is 28.2 Å². The molecule has 1 N–H and O–H groups in total. The minimum Gasteiger partial charge on any atom is -0.497 e. The first-order valence-electron chi connectivity index (χ1n) is 7.34. The van der Waals surface area contributed by atoms with Gasteiger partial charge in [0.1, 0.15) is 5.75 Å². The van der Waals surface area contributed by atoms with Gasteiger partial charge in [-0.05, 0) is 56.5 Å². The molecule has 1 fully saturated rings. The molecule has 0 aromatic heterocycles. The molecule has 0 aliphatic carbocycles. The van der Waals surface area contributed by atoms with E-state index in [4.69, 9.17) is 4.74 Å². The molecule has 1 aromatic rings. The van der Waals surface area contributed by atoms with Crippen molar-refractivity contribution >= 4 is 15.9 Å². The summed E-state index contributed by atoms with van der Waals surface area (Å²) in [5.74, 6) is 0.896. The standard InChI is InChI=1S/C16H24BrNO2/c1-12(19)9-14-5-3-4-8-18(14)11-13-10-15(20-2)6-7-16(13)17/h6-7,10,12,14,19H,3-5,8-9,11H2,1-2H3. The van der Waals surface area contributed by atoms with Gasteiger partial charge in [0.15, 0.2) is 0 Å². The van der Waals surface area contributed by atoms with Crippen LogP contribution in [0.1, 0.15) is 38.2 Å². The Labute approximate surface area is 130 Å². The van der Waals surface area contributed by atoms with Gasteiger partial charge in [-0.3, -0.25) is 4.90 Å². The van der Waals surface area contributed by atoms with E-state index in [0.717, 1.165) is 29.7 Å². The molecular weight excluding hydrogens is 318 g/mol. The molecule has 112 valence electrons. The number of benzene rings is 1. The minimum absolute atomic E-state index is 0.227. The van der Waals surface area contributed by atoms with E-state index in [2.05, 4.69) is 26.9 Å². The van der Waals surface area contributed by atoms with Crippen molar-refractivity contribution in [1.29, 1.82) is 0 Å². The van der Waals surface area contributed by atoms with E-state index in [1.54, 1.807) is 7.11 Å². The Balaban J connectivity index is 2.09. The first-order chi connectivity index (χ1) is 9.60. The summed E-state index contributed by atoms with van der Waals surface area (Å²) in [5.41, 5.74) is 1.25. The summed E-state index contributed by atoms with van der Waals surface area (Å²) in [6, 6.07) is 6.60. The molecule has 2 unspecified atom stereocenters. The van der Waals surface area contributed by atoms with Gasteiger partial charge in [-0.2, -0.15) is 0 Å². The van der Waals surface area contributed by atoms with Crippen LogP contribution in [0.25, 0.3) is 0 Å². The van der Waals surface area contributed by atoms with Crippen LogP contribution in [0, 0.1) is 0 Å². The summed E-state index contributed by atoms with van der Waals surface area (Å²) < 4.78 is 6.44. The number of ether oxygens (including phenoxy) is 1. The Bertz CT molecular complexity index is 436. The van der Waals surface area contributed by atoms with Crippen molar-refractivity contribution in [2.24, 2.45) is 0 Å². The molecule has 1 aliphatic rings. The van der Waals surface area contributed by atoms with Crippen LogP contribution in [0.3, 0.4) is 0 Å². The largest absolute Gasteiger partial charge is 0.497 e.